The Bertz CT molecular complexity index is 486. The van der Waals surface area contributed by atoms with Gasteiger partial charge in [-0.25, -0.2) is 0 Å². The Balaban J connectivity index is 2.85. The van der Waals surface area contributed by atoms with E-state index in [1.165, 1.54) is 5.56 Å². The molecule has 0 fully saturated rings. The van der Waals surface area contributed by atoms with Gasteiger partial charge in [0.05, 0.1) is 11.0 Å². The number of hydrogen-bond acceptors (Lipinski definition) is 2. The summed E-state index contributed by atoms with van der Waals surface area (Å²) in [6.45, 7) is 10.4. The second-order valence-electron chi connectivity index (χ2n) is 6.42. The molecule has 0 saturated carbocycles. The molecule has 0 heterocycles. The van der Waals surface area contributed by atoms with E-state index in [1.54, 1.807) is 0 Å². The maximum Gasteiger partial charge on any atom is 0.251 e. The van der Waals surface area contributed by atoms with Gasteiger partial charge < -0.3 is 11.1 Å². The second-order valence-corrected chi connectivity index (χ2v) is 6.90. The molecule has 20 heavy (non-hydrogen) atoms. The van der Waals surface area contributed by atoms with Crippen molar-refractivity contribution >= 4 is 23.1 Å². The molecule has 1 aromatic rings. The van der Waals surface area contributed by atoms with Crippen LogP contribution < -0.4 is 11.1 Å². The summed E-state index contributed by atoms with van der Waals surface area (Å²) >= 11 is 4.99. The molecule has 0 aromatic heterocycles. The van der Waals surface area contributed by atoms with Crippen molar-refractivity contribution in [2.75, 3.05) is 0 Å². The van der Waals surface area contributed by atoms with Crippen molar-refractivity contribution in [3.8, 4) is 0 Å². The maximum atomic E-state index is 12.2. The topological polar surface area (TPSA) is 55.1 Å². The molecule has 0 radical (unpaired) electrons. The first-order chi connectivity index (χ1) is 9.12. The van der Waals surface area contributed by atoms with Gasteiger partial charge in [0.15, 0.2) is 0 Å². The summed E-state index contributed by atoms with van der Waals surface area (Å²) in [5, 5.41) is 2.89. The van der Waals surface area contributed by atoms with E-state index in [9.17, 15) is 4.79 Å². The smallest absolute Gasteiger partial charge is 0.251 e. The van der Waals surface area contributed by atoms with Gasteiger partial charge in [0.1, 0.15) is 0 Å². The minimum absolute atomic E-state index is 0.0777. The molecule has 0 saturated heterocycles. The maximum absolute atomic E-state index is 12.2. The van der Waals surface area contributed by atoms with Crippen LogP contribution in [0.5, 0.6) is 0 Å². The SMILES string of the molecule is CC(C)C(NC(=O)c1ccc(C(C)(C)C)cc1)C(N)=S. The minimum atomic E-state index is -0.278. The molecule has 1 unspecified atom stereocenters. The van der Waals surface area contributed by atoms with Gasteiger partial charge in [-0.3, -0.25) is 4.79 Å². The minimum Gasteiger partial charge on any atom is -0.392 e. The molecule has 0 aliphatic heterocycles. The zero-order chi connectivity index (χ0) is 15.5. The molecule has 0 bridgehead atoms. The van der Waals surface area contributed by atoms with Crippen LogP contribution in [0.3, 0.4) is 0 Å². The fourth-order valence-electron chi connectivity index (χ4n) is 1.91. The van der Waals surface area contributed by atoms with Gasteiger partial charge in [-0.2, -0.15) is 0 Å². The normalized spacial score (nSPS) is 13.1. The van der Waals surface area contributed by atoms with Crippen LogP contribution in [0.25, 0.3) is 0 Å². The molecule has 0 aliphatic rings. The van der Waals surface area contributed by atoms with Crippen LogP contribution in [-0.2, 0) is 5.41 Å². The van der Waals surface area contributed by atoms with Crippen molar-refractivity contribution in [3.63, 3.8) is 0 Å². The third-order valence-electron chi connectivity index (χ3n) is 3.27. The Morgan fingerprint density at radius 1 is 1.20 bits per heavy atom. The van der Waals surface area contributed by atoms with Crippen molar-refractivity contribution in [2.45, 2.75) is 46.1 Å². The zero-order valence-corrected chi connectivity index (χ0v) is 13.7. The van der Waals surface area contributed by atoms with Crippen LogP contribution in [0.2, 0.25) is 0 Å². The number of amides is 1. The lowest BCUT2D eigenvalue weighted by molar-refractivity contribution is 0.0940. The molecule has 1 rings (SSSR count). The third-order valence-corrected chi connectivity index (χ3v) is 3.53. The van der Waals surface area contributed by atoms with Crippen molar-refractivity contribution in [1.82, 2.24) is 5.32 Å². The predicted octanol–water partition coefficient (Wildman–Crippen LogP) is 3.02. The highest BCUT2D eigenvalue weighted by Gasteiger charge is 2.20. The molecule has 1 atom stereocenters. The summed E-state index contributed by atoms with van der Waals surface area (Å²) in [7, 11) is 0. The predicted molar refractivity (Wildman–Crippen MR) is 88.0 cm³/mol. The van der Waals surface area contributed by atoms with E-state index in [1.807, 2.05) is 38.1 Å². The Morgan fingerprint density at radius 2 is 1.70 bits per heavy atom. The molecule has 4 heteroatoms. The van der Waals surface area contributed by atoms with E-state index >= 15 is 0 Å². The summed E-state index contributed by atoms with van der Waals surface area (Å²) < 4.78 is 0. The van der Waals surface area contributed by atoms with Gasteiger partial charge in [-0.15, -0.1) is 0 Å². The van der Waals surface area contributed by atoms with E-state index in [-0.39, 0.29) is 23.3 Å². The number of benzene rings is 1. The average molecular weight is 292 g/mol. The molecular formula is C16H24N2OS. The molecule has 1 amide bonds. The lowest BCUT2D eigenvalue weighted by Crippen LogP contribution is -2.46. The molecule has 1 aromatic carbocycles. The summed E-state index contributed by atoms with van der Waals surface area (Å²) in [5.74, 6) is 0.0299. The van der Waals surface area contributed by atoms with Crippen LogP contribution in [0, 0.1) is 5.92 Å². The molecular weight excluding hydrogens is 268 g/mol. The zero-order valence-electron chi connectivity index (χ0n) is 12.9. The monoisotopic (exact) mass is 292 g/mol. The second kappa shape index (κ2) is 6.35. The molecule has 0 aliphatic carbocycles. The molecule has 3 nitrogen and oxygen atoms in total. The Hall–Kier alpha value is -1.42. The molecule has 0 spiro atoms. The Morgan fingerprint density at radius 3 is 2.05 bits per heavy atom. The van der Waals surface area contributed by atoms with Gasteiger partial charge in [0.2, 0.25) is 0 Å². The van der Waals surface area contributed by atoms with Gasteiger partial charge in [-0.05, 0) is 29.0 Å². The van der Waals surface area contributed by atoms with Crippen LogP contribution in [-0.4, -0.2) is 16.9 Å². The Kier molecular flexibility index (Phi) is 5.28. The number of nitrogens with one attached hydrogen (secondary N) is 1. The fourth-order valence-corrected chi connectivity index (χ4v) is 2.24. The lowest BCUT2D eigenvalue weighted by Gasteiger charge is -2.22. The van der Waals surface area contributed by atoms with Crippen LogP contribution >= 0.6 is 12.2 Å². The van der Waals surface area contributed by atoms with Crippen LogP contribution in [0.1, 0.15) is 50.5 Å². The first-order valence-electron chi connectivity index (χ1n) is 6.83. The number of rotatable bonds is 4. The number of thiocarbonyl (C=S) groups is 1. The summed E-state index contributed by atoms with van der Waals surface area (Å²) in [5.41, 5.74) is 7.56. The van der Waals surface area contributed by atoms with E-state index < -0.39 is 0 Å². The van der Waals surface area contributed by atoms with Crippen molar-refractivity contribution in [2.24, 2.45) is 11.7 Å². The Labute approximate surface area is 126 Å². The van der Waals surface area contributed by atoms with E-state index in [4.69, 9.17) is 18.0 Å². The largest absolute Gasteiger partial charge is 0.392 e. The van der Waals surface area contributed by atoms with Crippen LogP contribution in [0.4, 0.5) is 0 Å². The van der Waals surface area contributed by atoms with Gasteiger partial charge in [0.25, 0.3) is 5.91 Å². The van der Waals surface area contributed by atoms with Gasteiger partial charge in [-0.1, -0.05) is 59.0 Å². The number of nitrogens with two attached hydrogens (primary N) is 1. The highest BCUT2D eigenvalue weighted by atomic mass is 32.1. The first-order valence-corrected chi connectivity index (χ1v) is 7.24. The lowest BCUT2D eigenvalue weighted by atomic mass is 9.86. The van der Waals surface area contributed by atoms with Gasteiger partial charge >= 0.3 is 0 Å². The van der Waals surface area contributed by atoms with Crippen molar-refractivity contribution in [3.05, 3.63) is 35.4 Å². The number of hydrogen-bond donors (Lipinski definition) is 2. The van der Waals surface area contributed by atoms with E-state index in [0.717, 1.165) is 0 Å². The standard InChI is InChI=1S/C16H24N2OS/c1-10(2)13(14(17)20)18-15(19)11-6-8-12(9-7-11)16(3,4)5/h6-10,13H,1-5H3,(H2,17,20)(H,18,19). The summed E-state index contributed by atoms with van der Waals surface area (Å²) in [4.78, 5) is 12.5. The highest BCUT2D eigenvalue weighted by Crippen LogP contribution is 2.22. The summed E-state index contributed by atoms with van der Waals surface area (Å²) in [6, 6.07) is 7.37. The average Bonchev–Trinajstić information content (AvgIpc) is 2.34. The molecule has 110 valence electrons. The number of carbonyl (C=O) groups is 1. The highest BCUT2D eigenvalue weighted by molar-refractivity contribution is 7.80. The van der Waals surface area contributed by atoms with Crippen molar-refractivity contribution in [1.29, 1.82) is 0 Å². The first kappa shape index (κ1) is 16.6. The molecule has 3 N–H and O–H groups in total. The fraction of sp³-hybridized carbons (Fsp3) is 0.500. The van der Waals surface area contributed by atoms with E-state index in [2.05, 4.69) is 26.1 Å². The summed E-state index contributed by atoms with van der Waals surface area (Å²) in [6.07, 6.45) is 0. The van der Waals surface area contributed by atoms with Gasteiger partial charge in [0, 0.05) is 5.56 Å². The van der Waals surface area contributed by atoms with Crippen LogP contribution in [0.15, 0.2) is 24.3 Å². The van der Waals surface area contributed by atoms with Crippen molar-refractivity contribution < 1.29 is 4.79 Å². The number of carbonyl (C=O) groups excluding carboxylic acids is 1. The third kappa shape index (κ3) is 4.30. The van der Waals surface area contributed by atoms with E-state index in [0.29, 0.717) is 10.6 Å². The quantitative estimate of drug-likeness (QED) is 0.839.